The zero-order chi connectivity index (χ0) is 11.2. The van der Waals surface area contributed by atoms with Crippen LogP contribution < -0.4 is 5.32 Å². The van der Waals surface area contributed by atoms with Crippen LogP contribution in [0.4, 0.5) is 0 Å². The fourth-order valence-electron chi connectivity index (χ4n) is 2.37. The summed E-state index contributed by atoms with van der Waals surface area (Å²) in [7, 11) is 0. The smallest absolute Gasteiger partial charge is 0.223 e. The van der Waals surface area contributed by atoms with Crippen LogP contribution in [0.5, 0.6) is 0 Å². The van der Waals surface area contributed by atoms with Gasteiger partial charge in [0.1, 0.15) is 0 Å². The first-order valence-electron chi connectivity index (χ1n) is 6.34. The molecule has 0 atom stereocenters. The zero-order valence-corrected chi connectivity index (χ0v) is 10.0. The lowest BCUT2D eigenvalue weighted by atomic mass is 10.0. The summed E-state index contributed by atoms with van der Waals surface area (Å²) < 4.78 is 4.93. The monoisotopic (exact) mass is 223 g/mol. The lowest BCUT2D eigenvalue weighted by Gasteiger charge is -2.13. The summed E-state index contributed by atoms with van der Waals surface area (Å²) in [5.74, 6) is 2.26. The second kappa shape index (κ2) is 5.99. The van der Waals surface area contributed by atoms with Crippen LogP contribution in [0, 0.1) is 12.8 Å². The van der Waals surface area contributed by atoms with Crippen LogP contribution in [0.2, 0.25) is 0 Å². The molecule has 2 rings (SSSR count). The molecule has 0 aromatic carbocycles. The molecule has 1 aromatic rings. The lowest BCUT2D eigenvalue weighted by Crippen LogP contribution is -2.22. The summed E-state index contributed by atoms with van der Waals surface area (Å²) >= 11 is 0. The highest BCUT2D eigenvalue weighted by Crippen LogP contribution is 2.22. The molecule has 1 heterocycles. The molecule has 1 fully saturated rings. The first-order chi connectivity index (χ1) is 7.84. The summed E-state index contributed by atoms with van der Waals surface area (Å²) in [5, 5.41) is 7.30. The van der Waals surface area contributed by atoms with Crippen LogP contribution in [0.1, 0.15) is 50.2 Å². The summed E-state index contributed by atoms with van der Waals surface area (Å²) in [6.07, 6.45) is 8.37. The van der Waals surface area contributed by atoms with Crippen molar-refractivity contribution in [3.05, 3.63) is 11.7 Å². The van der Waals surface area contributed by atoms with E-state index in [0.29, 0.717) is 5.89 Å². The third-order valence-corrected chi connectivity index (χ3v) is 3.26. The zero-order valence-electron chi connectivity index (χ0n) is 10.0. The van der Waals surface area contributed by atoms with E-state index in [-0.39, 0.29) is 0 Å². The van der Waals surface area contributed by atoms with Crippen LogP contribution in [0.25, 0.3) is 0 Å². The second-order valence-corrected chi connectivity index (χ2v) is 4.72. The molecule has 4 heteroatoms. The molecule has 0 radical (unpaired) electrons. The van der Waals surface area contributed by atoms with Crippen LogP contribution in [-0.2, 0) is 6.54 Å². The van der Waals surface area contributed by atoms with Crippen molar-refractivity contribution in [1.82, 2.24) is 15.5 Å². The van der Waals surface area contributed by atoms with Gasteiger partial charge in [0.05, 0.1) is 6.54 Å². The minimum absolute atomic E-state index is 0.645. The minimum Gasteiger partial charge on any atom is -0.340 e. The summed E-state index contributed by atoms with van der Waals surface area (Å²) in [6, 6.07) is 0. The summed E-state index contributed by atoms with van der Waals surface area (Å²) in [5.41, 5.74) is 0. The number of hydrogen-bond donors (Lipinski definition) is 1. The van der Waals surface area contributed by atoms with E-state index in [2.05, 4.69) is 15.5 Å². The Morgan fingerprint density at radius 3 is 2.62 bits per heavy atom. The van der Waals surface area contributed by atoms with Crippen molar-refractivity contribution < 1.29 is 4.52 Å². The van der Waals surface area contributed by atoms with Gasteiger partial charge in [-0.25, -0.2) is 0 Å². The predicted molar refractivity (Wildman–Crippen MR) is 61.9 cm³/mol. The van der Waals surface area contributed by atoms with E-state index in [1.807, 2.05) is 6.92 Å². The number of nitrogens with zero attached hydrogens (tertiary/aromatic N) is 2. The highest BCUT2D eigenvalue weighted by atomic mass is 16.5. The van der Waals surface area contributed by atoms with Gasteiger partial charge >= 0.3 is 0 Å². The molecule has 16 heavy (non-hydrogen) atoms. The van der Waals surface area contributed by atoms with E-state index in [9.17, 15) is 0 Å². The van der Waals surface area contributed by atoms with Gasteiger partial charge in [-0.15, -0.1) is 0 Å². The molecule has 4 nitrogen and oxygen atoms in total. The molecule has 0 aliphatic heterocycles. The maximum Gasteiger partial charge on any atom is 0.223 e. The van der Waals surface area contributed by atoms with Gasteiger partial charge in [-0.2, -0.15) is 4.98 Å². The minimum atomic E-state index is 0.645. The Morgan fingerprint density at radius 1 is 1.25 bits per heavy atom. The fraction of sp³-hybridized carbons (Fsp3) is 0.833. The van der Waals surface area contributed by atoms with E-state index in [4.69, 9.17) is 4.52 Å². The molecule has 90 valence electrons. The first kappa shape index (κ1) is 11.6. The average molecular weight is 223 g/mol. The maximum absolute atomic E-state index is 4.93. The topological polar surface area (TPSA) is 51.0 Å². The number of aryl methyl sites for hydroxylation is 1. The molecule has 1 aromatic heterocycles. The van der Waals surface area contributed by atoms with Crippen molar-refractivity contribution in [1.29, 1.82) is 0 Å². The third-order valence-electron chi connectivity index (χ3n) is 3.26. The van der Waals surface area contributed by atoms with E-state index in [1.54, 1.807) is 0 Å². The Kier molecular flexibility index (Phi) is 4.34. The standard InChI is InChI=1S/C12H21N3O/c1-10-14-12(15-16-10)9-13-8-11-6-4-2-3-5-7-11/h11,13H,2-9H2,1H3. The molecule has 1 saturated carbocycles. The quantitative estimate of drug-likeness (QED) is 0.796. The predicted octanol–water partition coefficient (Wildman–Crippen LogP) is 2.44. The number of hydrogen-bond acceptors (Lipinski definition) is 4. The van der Waals surface area contributed by atoms with E-state index in [0.717, 1.165) is 24.8 Å². The Hall–Kier alpha value is -0.900. The van der Waals surface area contributed by atoms with Crippen LogP contribution in [0.3, 0.4) is 0 Å². The normalized spacial score (nSPS) is 18.6. The van der Waals surface area contributed by atoms with Crippen molar-refractivity contribution in [3.8, 4) is 0 Å². The number of rotatable bonds is 4. The van der Waals surface area contributed by atoms with Gasteiger partial charge in [0.15, 0.2) is 5.82 Å². The van der Waals surface area contributed by atoms with Crippen molar-refractivity contribution in [2.45, 2.75) is 52.0 Å². The van der Waals surface area contributed by atoms with E-state index >= 15 is 0 Å². The van der Waals surface area contributed by atoms with Crippen molar-refractivity contribution in [2.24, 2.45) is 5.92 Å². The van der Waals surface area contributed by atoms with Crippen molar-refractivity contribution in [2.75, 3.05) is 6.54 Å². The van der Waals surface area contributed by atoms with Gasteiger partial charge in [-0.1, -0.05) is 30.8 Å². The first-order valence-corrected chi connectivity index (χ1v) is 6.34. The number of aromatic nitrogens is 2. The van der Waals surface area contributed by atoms with Crippen LogP contribution >= 0.6 is 0 Å². The van der Waals surface area contributed by atoms with Gasteiger partial charge in [-0.3, -0.25) is 0 Å². The maximum atomic E-state index is 4.93. The second-order valence-electron chi connectivity index (χ2n) is 4.72. The van der Waals surface area contributed by atoms with Gasteiger partial charge in [0.2, 0.25) is 5.89 Å². The molecule has 1 aliphatic carbocycles. The highest BCUT2D eigenvalue weighted by Gasteiger charge is 2.12. The van der Waals surface area contributed by atoms with E-state index in [1.165, 1.54) is 38.5 Å². The molecule has 1 N–H and O–H groups in total. The fourth-order valence-corrected chi connectivity index (χ4v) is 2.37. The Bertz CT molecular complexity index is 303. The lowest BCUT2D eigenvalue weighted by molar-refractivity contribution is 0.380. The van der Waals surface area contributed by atoms with Crippen molar-refractivity contribution in [3.63, 3.8) is 0 Å². The average Bonchev–Trinajstić information content (AvgIpc) is 2.54. The molecule has 0 bridgehead atoms. The SMILES string of the molecule is Cc1nc(CNCC2CCCCCC2)no1. The third kappa shape index (κ3) is 3.59. The Balaban J connectivity index is 1.67. The summed E-state index contributed by atoms with van der Waals surface area (Å²) in [6.45, 7) is 3.64. The molecular weight excluding hydrogens is 202 g/mol. The molecule has 0 saturated heterocycles. The molecule has 1 aliphatic rings. The Morgan fingerprint density at radius 2 is 2.00 bits per heavy atom. The largest absolute Gasteiger partial charge is 0.340 e. The van der Waals surface area contributed by atoms with E-state index < -0.39 is 0 Å². The number of nitrogens with one attached hydrogen (secondary N) is 1. The van der Waals surface area contributed by atoms with Gasteiger partial charge < -0.3 is 9.84 Å². The molecule has 0 unspecified atom stereocenters. The molecular formula is C12H21N3O. The van der Waals surface area contributed by atoms with Crippen LogP contribution in [0.15, 0.2) is 4.52 Å². The summed E-state index contributed by atoms with van der Waals surface area (Å²) in [4.78, 5) is 4.17. The van der Waals surface area contributed by atoms with Gasteiger partial charge in [-0.05, 0) is 25.3 Å². The Labute approximate surface area is 96.8 Å². The highest BCUT2D eigenvalue weighted by molar-refractivity contribution is 4.83. The van der Waals surface area contributed by atoms with Gasteiger partial charge in [0.25, 0.3) is 0 Å². The van der Waals surface area contributed by atoms with Crippen molar-refractivity contribution >= 4 is 0 Å². The molecule has 0 amide bonds. The van der Waals surface area contributed by atoms with Crippen LogP contribution in [-0.4, -0.2) is 16.7 Å². The van der Waals surface area contributed by atoms with Gasteiger partial charge in [0, 0.05) is 6.92 Å². The molecule has 0 spiro atoms.